The number of likely N-dealkylation sites (tertiary alicyclic amines) is 1. The zero-order valence-corrected chi connectivity index (χ0v) is 10.6. The molecule has 1 aromatic carbocycles. The molecule has 0 aromatic heterocycles. The molecule has 1 saturated heterocycles. The number of piperidine rings is 1. The molecule has 0 spiro atoms. The maximum absolute atomic E-state index is 12.0. The van der Waals surface area contributed by atoms with E-state index in [4.69, 9.17) is 16.2 Å². The van der Waals surface area contributed by atoms with Crippen molar-refractivity contribution in [2.24, 2.45) is 0 Å². The molecule has 18 heavy (non-hydrogen) atoms. The molecule has 0 radical (unpaired) electrons. The number of hydrogen-bond donors (Lipinski definition) is 2. The number of nitrogens with two attached hydrogens (primary N) is 2. The molecule has 1 aromatic rings. The van der Waals surface area contributed by atoms with E-state index in [9.17, 15) is 4.79 Å². The Kier molecular flexibility index (Phi) is 3.72. The lowest BCUT2D eigenvalue weighted by atomic mass is 10.1. The van der Waals surface area contributed by atoms with Gasteiger partial charge < -0.3 is 21.1 Å². The molecule has 1 fully saturated rings. The van der Waals surface area contributed by atoms with Crippen molar-refractivity contribution in [3.8, 4) is 0 Å². The minimum atomic E-state index is -0.344. The summed E-state index contributed by atoms with van der Waals surface area (Å²) in [5, 5.41) is 0. The van der Waals surface area contributed by atoms with Crippen LogP contribution in [-0.2, 0) is 4.74 Å². The van der Waals surface area contributed by atoms with E-state index >= 15 is 0 Å². The summed E-state index contributed by atoms with van der Waals surface area (Å²) in [6.07, 6.45) is 1.75. The van der Waals surface area contributed by atoms with E-state index < -0.39 is 0 Å². The predicted molar refractivity (Wildman–Crippen MR) is 71.2 cm³/mol. The summed E-state index contributed by atoms with van der Waals surface area (Å²) in [5.74, 6) is -0.344. The average Bonchev–Trinajstić information content (AvgIpc) is 2.31. The third-order valence-electron chi connectivity index (χ3n) is 3.15. The molecular weight excluding hydrogens is 230 g/mol. The Balaban J connectivity index is 1.99. The molecule has 0 amide bonds. The molecule has 5 heteroatoms. The second-order valence-electron chi connectivity index (χ2n) is 4.80. The average molecular weight is 249 g/mol. The SMILES string of the molecule is CN1CCC(OC(=O)c2cc(N)cc(N)c2)CC1. The van der Waals surface area contributed by atoms with Gasteiger partial charge in [-0.3, -0.25) is 0 Å². The van der Waals surface area contributed by atoms with Crippen LogP contribution in [0.2, 0.25) is 0 Å². The zero-order chi connectivity index (χ0) is 13.1. The van der Waals surface area contributed by atoms with Gasteiger partial charge in [0.1, 0.15) is 6.10 Å². The van der Waals surface area contributed by atoms with E-state index in [0.717, 1.165) is 25.9 Å². The van der Waals surface area contributed by atoms with Crippen molar-refractivity contribution in [1.82, 2.24) is 4.90 Å². The molecule has 1 aliphatic rings. The molecular formula is C13H19N3O2. The first-order chi connectivity index (χ1) is 8.54. The summed E-state index contributed by atoms with van der Waals surface area (Å²) in [6, 6.07) is 4.80. The molecule has 0 atom stereocenters. The van der Waals surface area contributed by atoms with E-state index in [0.29, 0.717) is 16.9 Å². The molecule has 0 bridgehead atoms. The Morgan fingerprint density at radius 3 is 2.33 bits per heavy atom. The van der Waals surface area contributed by atoms with Gasteiger partial charge in [0.05, 0.1) is 5.56 Å². The van der Waals surface area contributed by atoms with Crippen LogP contribution in [0.15, 0.2) is 18.2 Å². The molecule has 4 N–H and O–H groups in total. The van der Waals surface area contributed by atoms with Gasteiger partial charge in [0, 0.05) is 24.5 Å². The van der Waals surface area contributed by atoms with Crippen LogP contribution in [0, 0.1) is 0 Å². The molecule has 2 rings (SSSR count). The van der Waals surface area contributed by atoms with Gasteiger partial charge in [0.15, 0.2) is 0 Å². The number of carbonyl (C=O) groups is 1. The normalized spacial score (nSPS) is 17.6. The maximum Gasteiger partial charge on any atom is 0.338 e. The van der Waals surface area contributed by atoms with Gasteiger partial charge in [-0.25, -0.2) is 4.79 Å². The van der Waals surface area contributed by atoms with Crippen molar-refractivity contribution in [2.75, 3.05) is 31.6 Å². The highest BCUT2D eigenvalue weighted by molar-refractivity contribution is 5.91. The topological polar surface area (TPSA) is 81.6 Å². The van der Waals surface area contributed by atoms with Crippen LogP contribution in [0.3, 0.4) is 0 Å². The van der Waals surface area contributed by atoms with Gasteiger partial charge in [-0.05, 0) is 38.1 Å². The van der Waals surface area contributed by atoms with Crippen LogP contribution >= 0.6 is 0 Å². The van der Waals surface area contributed by atoms with Gasteiger partial charge in [-0.2, -0.15) is 0 Å². The summed E-state index contributed by atoms with van der Waals surface area (Å²) in [7, 11) is 2.07. The van der Waals surface area contributed by atoms with Crippen molar-refractivity contribution in [2.45, 2.75) is 18.9 Å². The molecule has 0 unspecified atom stereocenters. The highest BCUT2D eigenvalue weighted by Gasteiger charge is 2.21. The number of nitrogens with zero attached hydrogens (tertiary/aromatic N) is 1. The molecule has 98 valence electrons. The highest BCUT2D eigenvalue weighted by Crippen LogP contribution is 2.18. The van der Waals surface area contributed by atoms with Gasteiger partial charge in [0.2, 0.25) is 0 Å². The van der Waals surface area contributed by atoms with Crippen LogP contribution < -0.4 is 11.5 Å². The minimum Gasteiger partial charge on any atom is -0.459 e. The lowest BCUT2D eigenvalue weighted by molar-refractivity contribution is 0.0139. The predicted octanol–water partition coefficient (Wildman–Crippen LogP) is 1.10. The van der Waals surface area contributed by atoms with Crippen LogP contribution in [0.4, 0.5) is 11.4 Å². The monoisotopic (exact) mass is 249 g/mol. The van der Waals surface area contributed by atoms with E-state index in [1.807, 2.05) is 0 Å². The Hall–Kier alpha value is -1.75. The van der Waals surface area contributed by atoms with Crippen LogP contribution in [0.25, 0.3) is 0 Å². The first-order valence-electron chi connectivity index (χ1n) is 6.10. The number of nitrogen functional groups attached to an aromatic ring is 2. The van der Waals surface area contributed by atoms with E-state index in [-0.39, 0.29) is 12.1 Å². The zero-order valence-electron chi connectivity index (χ0n) is 10.6. The number of carbonyl (C=O) groups excluding carboxylic acids is 1. The second-order valence-corrected chi connectivity index (χ2v) is 4.80. The van der Waals surface area contributed by atoms with Gasteiger partial charge in [-0.15, -0.1) is 0 Å². The lowest BCUT2D eigenvalue weighted by Crippen LogP contribution is -2.35. The fourth-order valence-electron chi connectivity index (χ4n) is 2.12. The maximum atomic E-state index is 12.0. The summed E-state index contributed by atoms with van der Waals surface area (Å²) in [4.78, 5) is 14.2. The number of ether oxygens (including phenoxy) is 1. The molecule has 0 aliphatic carbocycles. The van der Waals surface area contributed by atoms with Crippen molar-refractivity contribution < 1.29 is 9.53 Å². The Bertz CT molecular complexity index is 420. The van der Waals surface area contributed by atoms with Crippen molar-refractivity contribution in [3.63, 3.8) is 0 Å². The van der Waals surface area contributed by atoms with Gasteiger partial charge in [-0.1, -0.05) is 0 Å². The number of esters is 1. The fourth-order valence-corrected chi connectivity index (χ4v) is 2.12. The number of benzene rings is 1. The fraction of sp³-hybridized carbons (Fsp3) is 0.462. The Labute approximate surface area is 107 Å². The number of hydrogen-bond acceptors (Lipinski definition) is 5. The minimum absolute atomic E-state index is 0.00337. The van der Waals surface area contributed by atoms with Crippen molar-refractivity contribution >= 4 is 17.3 Å². The lowest BCUT2D eigenvalue weighted by Gasteiger charge is -2.28. The van der Waals surface area contributed by atoms with Crippen molar-refractivity contribution in [3.05, 3.63) is 23.8 Å². The standard InChI is InChI=1S/C13H19N3O2/c1-16-4-2-12(3-5-16)18-13(17)9-6-10(14)8-11(15)7-9/h6-8,12H,2-5,14-15H2,1H3. The highest BCUT2D eigenvalue weighted by atomic mass is 16.5. The third kappa shape index (κ3) is 3.13. The van der Waals surface area contributed by atoms with Crippen LogP contribution in [0.5, 0.6) is 0 Å². The Morgan fingerprint density at radius 2 is 1.78 bits per heavy atom. The summed E-state index contributed by atoms with van der Waals surface area (Å²) in [6.45, 7) is 1.91. The van der Waals surface area contributed by atoms with E-state index in [1.165, 1.54) is 0 Å². The molecule has 1 heterocycles. The molecule has 0 saturated carbocycles. The third-order valence-corrected chi connectivity index (χ3v) is 3.15. The van der Waals surface area contributed by atoms with Gasteiger partial charge >= 0.3 is 5.97 Å². The van der Waals surface area contributed by atoms with Crippen molar-refractivity contribution in [1.29, 1.82) is 0 Å². The van der Waals surface area contributed by atoms with E-state index in [2.05, 4.69) is 11.9 Å². The second kappa shape index (κ2) is 5.27. The summed E-state index contributed by atoms with van der Waals surface area (Å²) < 4.78 is 5.46. The van der Waals surface area contributed by atoms with E-state index in [1.54, 1.807) is 18.2 Å². The number of rotatable bonds is 2. The first kappa shape index (κ1) is 12.7. The first-order valence-corrected chi connectivity index (χ1v) is 6.10. The summed E-state index contributed by atoms with van der Waals surface area (Å²) >= 11 is 0. The molecule has 5 nitrogen and oxygen atoms in total. The smallest absolute Gasteiger partial charge is 0.338 e. The Morgan fingerprint density at radius 1 is 1.22 bits per heavy atom. The summed E-state index contributed by atoms with van der Waals surface area (Å²) in [5.41, 5.74) is 12.7. The number of anilines is 2. The van der Waals surface area contributed by atoms with Gasteiger partial charge in [0.25, 0.3) is 0 Å². The van der Waals surface area contributed by atoms with Crippen LogP contribution in [-0.4, -0.2) is 37.1 Å². The quantitative estimate of drug-likeness (QED) is 0.606. The largest absolute Gasteiger partial charge is 0.459 e. The van der Waals surface area contributed by atoms with Crippen LogP contribution in [0.1, 0.15) is 23.2 Å². The molecule has 1 aliphatic heterocycles.